The van der Waals surface area contributed by atoms with E-state index in [-0.39, 0.29) is 11.7 Å². The predicted molar refractivity (Wildman–Crippen MR) is 43.3 cm³/mol. The number of rotatable bonds is 3. The van der Waals surface area contributed by atoms with E-state index >= 15 is 0 Å². The molecule has 1 rings (SSSR count). The lowest BCUT2D eigenvalue weighted by Gasteiger charge is -2.00. The van der Waals surface area contributed by atoms with Crippen molar-refractivity contribution in [3.05, 3.63) is 18.2 Å². The monoisotopic (exact) mass is 188 g/mol. The molecule has 0 amide bonds. The fourth-order valence-electron chi connectivity index (χ4n) is 0.807. The van der Waals surface area contributed by atoms with E-state index in [1.807, 2.05) is 0 Å². The lowest BCUT2D eigenvalue weighted by molar-refractivity contribution is 0.0679. The number of imidazole rings is 1. The summed E-state index contributed by atoms with van der Waals surface area (Å²) in [6.45, 7) is 0. The largest absolute Gasteiger partial charge is 0.475 e. The summed E-state index contributed by atoms with van der Waals surface area (Å²) in [5.41, 5.74) is 0. The van der Waals surface area contributed by atoms with Crippen LogP contribution < -0.4 is 0 Å². The SMILES string of the molecule is CS(=O)Cn1ccnc1C(=O)O. The van der Waals surface area contributed by atoms with Crippen LogP contribution >= 0.6 is 0 Å². The molecule has 0 fully saturated rings. The zero-order chi connectivity index (χ0) is 9.14. The molecule has 0 aliphatic heterocycles. The molecule has 0 aliphatic carbocycles. The maximum Gasteiger partial charge on any atom is 0.372 e. The highest BCUT2D eigenvalue weighted by molar-refractivity contribution is 7.83. The molecule has 0 aliphatic rings. The van der Waals surface area contributed by atoms with Crippen molar-refractivity contribution >= 4 is 16.8 Å². The first-order chi connectivity index (χ1) is 5.61. The summed E-state index contributed by atoms with van der Waals surface area (Å²) >= 11 is 0. The van der Waals surface area contributed by atoms with E-state index < -0.39 is 16.8 Å². The van der Waals surface area contributed by atoms with Crippen molar-refractivity contribution in [2.24, 2.45) is 0 Å². The van der Waals surface area contributed by atoms with Crippen LogP contribution in [-0.4, -0.2) is 31.1 Å². The highest BCUT2D eigenvalue weighted by Gasteiger charge is 2.10. The summed E-state index contributed by atoms with van der Waals surface area (Å²) in [4.78, 5) is 14.1. The molecule has 1 heterocycles. The topological polar surface area (TPSA) is 72.2 Å². The third kappa shape index (κ3) is 1.91. The van der Waals surface area contributed by atoms with Gasteiger partial charge >= 0.3 is 5.97 Å². The van der Waals surface area contributed by atoms with E-state index in [1.54, 1.807) is 0 Å². The highest BCUT2D eigenvalue weighted by Crippen LogP contribution is 1.98. The molecule has 0 aromatic carbocycles. The lowest BCUT2D eigenvalue weighted by atomic mass is 10.6. The second kappa shape index (κ2) is 3.48. The minimum atomic E-state index is -1.11. The Morgan fingerprint density at radius 2 is 2.50 bits per heavy atom. The molecule has 1 unspecified atom stereocenters. The maximum absolute atomic E-state index is 10.8. The molecule has 1 aromatic rings. The molecule has 66 valence electrons. The second-order valence-corrected chi connectivity index (χ2v) is 3.63. The summed E-state index contributed by atoms with van der Waals surface area (Å²) < 4.78 is 12.1. The summed E-state index contributed by atoms with van der Waals surface area (Å²) in [6, 6.07) is 0. The normalized spacial score (nSPS) is 12.8. The molecule has 0 spiro atoms. The van der Waals surface area contributed by atoms with Crippen molar-refractivity contribution < 1.29 is 14.1 Å². The lowest BCUT2D eigenvalue weighted by Crippen LogP contribution is -2.11. The van der Waals surface area contributed by atoms with Crippen LogP contribution in [0.3, 0.4) is 0 Å². The quantitative estimate of drug-likeness (QED) is 0.720. The van der Waals surface area contributed by atoms with Crippen LogP contribution in [0.15, 0.2) is 12.4 Å². The summed E-state index contributed by atoms with van der Waals surface area (Å²) in [5, 5.41) is 8.59. The number of hydrogen-bond acceptors (Lipinski definition) is 3. The van der Waals surface area contributed by atoms with Crippen LogP contribution in [-0.2, 0) is 16.7 Å². The second-order valence-electron chi connectivity index (χ2n) is 2.23. The highest BCUT2D eigenvalue weighted by atomic mass is 32.2. The van der Waals surface area contributed by atoms with Gasteiger partial charge in [0.25, 0.3) is 0 Å². The van der Waals surface area contributed by atoms with Crippen LogP contribution in [0, 0.1) is 0 Å². The molecule has 1 atom stereocenters. The fourth-order valence-corrected chi connectivity index (χ4v) is 1.41. The van der Waals surface area contributed by atoms with Crippen LogP contribution in [0.25, 0.3) is 0 Å². The first-order valence-corrected chi connectivity index (χ1v) is 4.88. The number of aromatic nitrogens is 2. The molecule has 1 N–H and O–H groups in total. The van der Waals surface area contributed by atoms with Gasteiger partial charge in [-0.05, 0) is 0 Å². The number of aromatic carboxylic acids is 1. The van der Waals surface area contributed by atoms with Crippen molar-refractivity contribution in [2.75, 3.05) is 6.26 Å². The van der Waals surface area contributed by atoms with E-state index in [4.69, 9.17) is 5.11 Å². The predicted octanol–water partition coefficient (Wildman–Crippen LogP) is -0.0827. The third-order valence-electron chi connectivity index (χ3n) is 1.23. The number of hydrogen-bond donors (Lipinski definition) is 1. The summed E-state index contributed by atoms with van der Waals surface area (Å²) in [6.07, 6.45) is 4.37. The van der Waals surface area contributed by atoms with Crippen molar-refractivity contribution in [2.45, 2.75) is 5.88 Å². The van der Waals surface area contributed by atoms with Gasteiger partial charge in [0, 0.05) is 29.4 Å². The number of carboxylic acid groups (broad SMARTS) is 1. The third-order valence-corrected chi connectivity index (χ3v) is 1.87. The minimum absolute atomic E-state index is 0.0785. The van der Waals surface area contributed by atoms with Gasteiger partial charge in [0.15, 0.2) is 0 Å². The molecule has 1 aromatic heterocycles. The number of carboxylic acids is 1. The van der Waals surface area contributed by atoms with Gasteiger partial charge in [-0.15, -0.1) is 0 Å². The van der Waals surface area contributed by atoms with Gasteiger partial charge in [-0.3, -0.25) is 4.21 Å². The number of nitrogens with zero attached hydrogens (tertiary/aromatic N) is 2. The molecular formula is C6H8N2O3S. The van der Waals surface area contributed by atoms with Crippen molar-refractivity contribution in [1.82, 2.24) is 9.55 Å². The molecule has 12 heavy (non-hydrogen) atoms. The standard InChI is InChI=1S/C6H8N2O3S/c1-12(11)4-8-3-2-7-5(8)6(9)10/h2-3H,4H2,1H3,(H,9,10). The van der Waals surface area contributed by atoms with E-state index in [2.05, 4.69) is 4.98 Å². The van der Waals surface area contributed by atoms with Crippen LogP contribution in [0.2, 0.25) is 0 Å². The molecule has 0 saturated heterocycles. The van der Waals surface area contributed by atoms with E-state index in [0.29, 0.717) is 0 Å². The zero-order valence-corrected chi connectivity index (χ0v) is 7.24. The number of carbonyl (C=O) groups is 1. The first kappa shape index (κ1) is 8.92. The van der Waals surface area contributed by atoms with Gasteiger partial charge in [-0.1, -0.05) is 0 Å². The Kier molecular flexibility index (Phi) is 2.59. The van der Waals surface area contributed by atoms with E-state index in [9.17, 15) is 9.00 Å². The molecule has 0 bridgehead atoms. The average Bonchev–Trinajstić information content (AvgIpc) is 2.33. The van der Waals surface area contributed by atoms with Crippen molar-refractivity contribution in [3.8, 4) is 0 Å². The smallest absolute Gasteiger partial charge is 0.372 e. The Bertz CT molecular complexity index is 320. The summed E-state index contributed by atoms with van der Waals surface area (Å²) in [7, 11) is -1.06. The Morgan fingerprint density at radius 3 is 3.00 bits per heavy atom. The van der Waals surface area contributed by atoms with Crippen LogP contribution in [0.1, 0.15) is 10.6 Å². The molecule has 0 radical (unpaired) electrons. The van der Waals surface area contributed by atoms with E-state index in [1.165, 1.54) is 23.2 Å². The summed E-state index contributed by atoms with van der Waals surface area (Å²) in [5.74, 6) is -1.02. The maximum atomic E-state index is 10.8. The Hall–Kier alpha value is -1.17. The van der Waals surface area contributed by atoms with Gasteiger partial charge in [-0.2, -0.15) is 0 Å². The molecule has 0 saturated carbocycles. The molecule has 6 heteroatoms. The van der Waals surface area contributed by atoms with Crippen LogP contribution in [0.4, 0.5) is 0 Å². The Balaban J connectivity index is 2.91. The van der Waals surface area contributed by atoms with Crippen molar-refractivity contribution in [1.29, 1.82) is 0 Å². The first-order valence-electron chi connectivity index (χ1n) is 3.15. The van der Waals surface area contributed by atoms with Gasteiger partial charge in [0.05, 0.1) is 5.88 Å². The Morgan fingerprint density at radius 1 is 1.83 bits per heavy atom. The van der Waals surface area contributed by atoms with E-state index in [0.717, 1.165) is 0 Å². The van der Waals surface area contributed by atoms with Gasteiger partial charge < -0.3 is 9.67 Å². The molecule has 5 nitrogen and oxygen atoms in total. The van der Waals surface area contributed by atoms with Gasteiger partial charge in [-0.25, -0.2) is 9.78 Å². The van der Waals surface area contributed by atoms with Crippen molar-refractivity contribution in [3.63, 3.8) is 0 Å². The minimum Gasteiger partial charge on any atom is -0.475 e. The Labute approximate surface area is 71.5 Å². The zero-order valence-electron chi connectivity index (χ0n) is 6.43. The molecular weight excluding hydrogens is 180 g/mol. The van der Waals surface area contributed by atoms with Gasteiger partial charge in [0.1, 0.15) is 0 Å². The van der Waals surface area contributed by atoms with Crippen LogP contribution in [0.5, 0.6) is 0 Å². The van der Waals surface area contributed by atoms with Gasteiger partial charge in [0.2, 0.25) is 5.82 Å². The fraction of sp³-hybridized carbons (Fsp3) is 0.333. The average molecular weight is 188 g/mol.